The molecule has 1 saturated heterocycles. The van der Waals surface area contributed by atoms with Gasteiger partial charge in [-0.3, -0.25) is 4.90 Å². The Hall–Kier alpha value is -3.00. The second-order valence-electron chi connectivity index (χ2n) is 7.00. The van der Waals surface area contributed by atoms with Crippen molar-refractivity contribution in [1.82, 2.24) is 25.3 Å². The quantitative estimate of drug-likeness (QED) is 0.619. The molecule has 0 N–H and O–H groups in total. The molecule has 3 aromatic rings. The summed E-state index contributed by atoms with van der Waals surface area (Å²) in [6.45, 7) is 2.52. The van der Waals surface area contributed by atoms with Crippen LogP contribution in [0, 0.1) is 0 Å². The van der Waals surface area contributed by atoms with Gasteiger partial charge in [-0.1, -0.05) is 0 Å². The van der Waals surface area contributed by atoms with E-state index in [0.29, 0.717) is 24.4 Å². The first-order chi connectivity index (χ1) is 13.7. The lowest BCUT2D eigenvalue weighted by Gasteiger charge is -2.28. The molecule has 2 aromatic heterocycles. The number of anilines is 1. The predicted octanol–water partition coefficient (Wildman–Crippen LogP) is 2.64. The first-order valence-corrected chi connectivity index (χ1v) is 9.42. The van der Waals surface area contributed by atoms with Gasteiger partial charge in [0.05, 0.1) is 13.7 Å². The average Bonchev–Trinajstić information content (AvgIpc) is 3.38. The van der Waals surface area contributed by atoms with E-state index in [1.165, 1.54) is 0 Å². The van der Waals surface area contributed by atoms with Crippen LogP contribution >= 0.6 is 0 Å². The van der Waals surface area contributed by atoms with E-state index in [1.54, 1.807) is 13.3 Å². The fourth-order valence-electron chi connectivity index (χ4n) is 3.60. The first kappa shape index (κ1) is 18.4. The Morgan fingerprint density at radius 1 is 1.18 bits per heavy atom. The van der Waals surface area contributed by atoms with Gasteiger partial charge in [-0.25, -0.2) is 0 Å². The summed E-state index contributed by atoms with van der Waals surface area (Å²) in [7, 11) is 3.72. The lowest BCUT2D eigenvalue weighted by Crippen LogP contribution is -2.39. The SMILES string of the molecule is COc1ccc(-c2nnc(CN(C)CC3CCCN3c3cccnn3)o2)cc1. The number of methoxy groups -OCH3 is 1. The molecule has 4 rings (SSSR count). The molecule has 0 bridgehead atoms. The zero-order valence-corrected chi connectivity index (χ0v) is 16.2. The number of likely N-dealkylation sites (N-methyl/N-ethyl adjacent to an activating group) is 1. The van der Waals surface area contributed by atoms with Gasteiger partial charge in [0.15, 0.2) is 5.82 Å². The molecule has 0 radical (unpaired) electrons. The average molecular weight is 380 g/mol. The van der Waals surface area contributed by atoms with Gasteiger partial charge in [0.25, 0.3) is 0 Å². The predicted molar refractivity (Wildman–Crippen MR) is 105 cm³/mol. The normalized spacial score (nSPS) is 16.7. The van der Waals surface area contributed by atoms with Crippen molar-refractivity contribution < 1.29 is 9.15 Å². The molecule has 1 atom stereocenters. The number of aromatic nitrogens is 4. The third-order valence-electron chi connectivity index (χ3n) is 4.96. The van der Waals surface area contributed by atoms with Crippen molar-refractivity contribution in [2.75, 3.05) is 32.1 Å². The molecular formula is C20H24N6O2. The van der Waals surface area contributed by atoms with E-state index in [-0.39, 0.29) is 0 Å². The van der Waals surface area contributed by atoms with Crippen LogP contribution in [-0.4, -0.2) is 58.6 Å². The molecule has 3 heterocycles. The van der Waals surface area contributed by atoms with Crippen LogP contribution in [0.25, 0.3) is 11.5 Å². The maximum absolute atomic E-state index is 5.85. The highest BCUT2D eigenvalue weighted by atomic mass is 16.5. The summed E-state index contributed by atoms with van der Waals surface area (Å²) >= 11 is 0. The van der Waals surface area contributed by atoms with Crippen LogP contribution in [0.1, 0.15) is 18.7 Å². The van der Waals surface area contributed by atoms with Crippen molar-refractivity contribution in [2.24, 2.45) is 0 Å². The Labute approximate surface area is 164 Å². The zero-order chi connectivity index (χ0) is 19.3. The van der Waals surface area contributed by atoms with E-state index >= 15 is 0 Å². The Morgan fingerprint density at radius 3 is 2.79 bits per heavy atom. The van der Waals surface area contributed by atoms with Crippen LogP contribution in [0.15, 0.2) is 47.0 Å². The largest absolute Gasteiger partial charge is 0.497 e. The minimum Gasteiger partial charge on any atom is -0.497 e. The van der Waals surface area contributed by atoms with Gasteiger partial charge < -0.3 is 14.1 Å². The van der Waals surface area contributed by atoms with Gasteiger partial charge in [-0.15, -0.1) is 15.3 Å². The molecular weight excluding hydrogens is 356 g/mol. The molecule has 28 heavy (non-hydrogen) atoms. The summed E-state index contributed by atoms with van der Waals surface area (Å²) < 4.78 is 11.0. The molecule has 0 amide bonds. The lowest BCUT2D eigenvalue weighted by molar-refractivity contribution is 0.272. The van der Waals surface area contributed by atoms with Crippen molar-refractivity contribution >= 4 is 5.82 Å². The van der Waals surface area contributed by atoms with E-state index in [0.717, 1.165) is 43.1 Å². The van der Waals surface area contributed by atoms with Gasteiger partial charge in [0.2, 0.25) is 11.8 Å². The topological polar surface area (TPSA) is 80.4 Å². The van der Waals surface area contributed by atoms with Crippen LogP contribution in [0.4, 0.5) is 5.82 Å². The van der Waals surface area contributed by atoms with Crippen molar-refractivity contribution in [3.63, 3.8) is 0 Å². The van der Waals surface area contributed by atoms with Crippen molar-refractivity contribution in [2.45, 2.75) is 25.4 Å². The number of rotatable bonds is 7. The first-order valence-electron chi connectivity index (χ1n) is 9.42. The van der Waals surface area contributed by atoms with E-state index in [9.17, 15) is 0 Å². The summed E-state index contributed by atoms with van der Waals surface area (Å²) in [5.41, 5.74) is 0.881. The number of ether oxygens (including phenoxy) is 1. The molecule has 0 saturated carbocycles. The molecule has 146 valence electrons. The Balaban J connectivity index is 1.37. The summed E-state index contributed by atoms with van der Waals surface area (Å²) in [5.74, 6) is 2.87. The van der Waals surface area contributed by atoms with E-state index < -0.39 is 0 Å². The fourth-order valence-corrected chi connectivity index (χ4v) is 3.60. The highest BCUT2D eigenvalue weighted by Crippen LogP contribution is 2.24. The van der Waals surface area contributed by atoms with Crippen LogP contribution in [0.5, 0.6) is 5.75 Å². The second-order valence-corrected chi connectivity index (χ2v) is 7.00. The number of hydrogen-bond donors (Lipinski definition) is 0. The van der Waals surface area contributed by atoms with Crippen LogP contribution in [-0.2, 0) is 6.54 Å². The maximum atomic E-state index is 5.85. The van der Waals surface area contributed by atoms with Crippen molar-refractivity contribution in [1.29, 1.82) is 0 Å². The van der Waals surface area contributed by atoms with Gasteiger partial charge in [0.1, 0.15) is 5.75 Å². The Morgan fingerprint density at radius 2 is 2.04 bits per heavy atom. The summed E-state index contributed by atoms with van der Waals surface area (Å²) in [6.07, 6.45) is 4.01. The van der Waals surface area contributed by atoms with Gasteiger partial charge in [-0.05, 0) is 56.3 Å². The van der Waals surface area contributed by atoms with Crippen molar-refractivity contribution in [3.8, 4) is 17.2 Å². The smallest absolute Gasteiger partial charge is 0.247 e. The minimum atomic E-state index is 0.408. The Bertz CT molecular complexity index is 883. The summed E-state index contributed by atoms with van der Waals surface area (Å²) in [6, 6.07) is 11.9. The second kappa shape index (κ2) is 8.35. The lowest BCUT2D eigenvalue weighted by atomic mass is 10.2. The van der Waals surface area contributed by atoms with E-state index in [1.807, 2.05) is 36.4 Å². The highest BCUT2D eigenvalue weighted by molar-refractivity contribution is 5.53. The van der Waals surface area contributed by atoms with Gasteiger partial charge in [-0.2, -0.15) is 5.10 Å². The van der Waals surface area contributed by atoms with Crippen LogP contribution in [0.2, 0.25) is 0 Å². The zero-order valence-electron chi connectivity index (χ0n) is 16.2. The molecule has 0 spiro atoms. The molecule has 8 nitrogen and oxygen atoms in total. The molecule has 1 aromatic carbocycles. The summed E-state index contributed by atoms with van der Waals surface area (Å²) in [4.78, 5) is 4.55. The van der Waals surface area contributed by atoms with Crippen LogP contribution < -0.4 is 9.64 Å². The standard InChI is InChI=1S/C20H24N6O2/c1-25(13-16-5-4-12-26(16)18-6-3-11-21-22-18)14-19-23-24-20(28-19)15-7-9-17(27-2)10-8-15/h3,6-11,16H,4-5,12-14H2,1-2H3. The van der Waals surface area contributed by atoms with Crippen LogP contribution in [0.3, 0.4) is 0 Å². The maximum Gasteiger partial charge on any atom is 0.247 e. The third kappa shape index (κ3) is 4.12. The number of nitrogens with zero attached hydrogens (tertiary/aromatic N) is 6. The highest BCUT2D eigenvalue weighted by Gasteiger charge is 2.27. The molecule has 0 aliphatic carbocycles. The van der Waals surface area contributed by atoms with Gasteiger partial charge in [0, 0.05) is 30.9 Å². The number of hydrogen-bond acceptors (Lipinski definition) is 8. The van der Waals surface area contributed by atoms with E-state index in [2.05, 4.69) is 37.2 Å². The molecule has 8 heteroatoms. The summed E-state index contributed by atoms with van der Waals surface area (Å²) in [5, 5.41) is 16.6. The molecule has 1 aliphatic heterocycles. The molecule has 1 aliphatic rings. The van der Waals surface area contributed by atoms with E-state index in [4.69, 9.17) is 9.15 Å². The third-order valence-corrected chi connectivity index (χ3v) is 4.96. The molecule has 1 fully saturated rings. The molecule has 1 unspecified atom stereocenters. The van der Waals surface area contributed by atoms with Crippen molar-refractivity contribution in [3.05, 3.63) is 48.5 Å². The minimum absolute atomic E-state index is 0.408. The van der Waals surface area contributed by atoms with Gasteiger partial charge >= 0.3 is 0 Å². The number of benzene rings is 1. The Kier molecular flexibility index (Phi) is 5.48. The fraction of sp³-hybridized carbons (Fsp3) is 0.400. The monoisotopic (exact) mass is 380 g/mol.